The van der Waals surface area contributed by atoms with Crippen LogP contribution in [0.3, 0.4) is 0 Å². The van der Waals surface area contributed by atoms with Gasteiger partial charge in [0.2, 0.25) is 0 Å². The fourth-order valence-electron chi connectivity index (χ4n) is 2.77. The molecule has 0 aliphatic heterocycles. The highest BCUT2D eigenvalue weighted by Crippen LogP contribution is 2.27. The number of aromatic nitrogens is 1. The summed E-state index contributed by atoms with van der Waals surface area (Å²) in [6, 6.07) is 22.8. The predicted molar refractivity (Wildman–Crippen MR) is 96.0 cm³/mol. The molecule has 2 nitrogen and oxygen atoms in total. The van der Waals surface area contributed by atoms with Gasteiger partial charge in [-0.05, 0) is 37.1 Å². The number of nitrogens with zero attached hydrogens (tertiary/aromatic N) is 2. The summed E-state index contributed by atoms with van der Waals surface area (Å²) in [5.41, 5.74) is 5.78. The van der Waals surface area contributed by atoms with E-state index in [0.717, 1.165) is 5.69 Å². The summed E-state index contributed by atoms with van der Waals surface area (Å²) >= 11 is 0. The van der Waals surface area contributed by atoms with Crippen LogP contribution >= 0.6 is 0 Å². The number of rotatable bonds is 4. The lowest BCUT2D eigenvalue weighted by Crippen LogP contribution is -2.00. The number of aryl methyl sites for hydroxylation is 2. The molecule has 1 unspecified atom stereocenters. The minimum absolute atomic E-state index is 0.0168. The maximum Gasteiger partial charge on any atom is 0.100 e. The Balaban J connectivity index is 2.02. The molecule has 2 aromatic carbocycles. The lowest BCUT2D eigenvalue weighted by Gasteiger charge is -2.15. The van der Waals surface area contributed by atoms with Gasteiger partial charge in [-0.3, -0.25) is 9.98 Å². The summed E-state index contributed by atoms with van der Waals surface area (Å²) in [5, 5.41) is 0. The molecule has 1 heterocycles. The van der Waals surface area contributed by atoms with E-state index in [1.807, 2.05) is 30.5 Å². The van der Waals surface area contributed by atoms with Gasteiger partial charge in [-0.1, -0.05) is 65.7 Å². The smallest absolute Gasteiger partial charge is 0.100 e. The van der Waals surface area contributed by atoms with Crippen LogP contribution in [0.15, 0.2) is 77.9 Å². The third-order valence-electron chi connectivity index (χ3n) is 3.72. The van der Waals surface area contributed by atoms with Crippen molar-refractivity contribution in [3.05, 3.63) is 101 Å². The number of hydrogen-bond acceptors (Lipinski definition) is 2. The molecule has 114 valence electrons. The van der Waals surface area contributed by atoms with Gasteiger partial charge in [-0.15, -0.1) is 0 Å². The molecule has 3 aromatic rings. The molecule has 0 amide bonds. The second-order valence-corrected chi connectivity index (χ2v) is 5.77. The van der Waals surface area contributed by atoms with E-state index < -0.39 is 0 Å². The van der Waals surface area contributed by atoms with Crippen LogP contribution < -0.4 is 0 Å². The first-order valence-corrected chi connectivity index (χ1v) is 7.80. The molecule has 0 radical (unpaired) electrons. The molecule has 1 aromatic heterocycles. The molecule has 3 rings (SSSR count). The Kier molecular flexibility index (Phi) is 4.62. The Morgan fingerprint density at radius 3 is 2.17 bits per heavy atom. The Bertz CT molecular complexity index is 772. The van der Waals surface area contributed by atoms with Crippen LogP contribution in [0.5, 0.6) is 0 Å². The SMILES string of the molecule is Cc1cc(C)cc(C(N=Cc2ccccn2)c2ccccc2)c1. The molecule has 0 saturated heterocycles. The number of hydrogen-bond donors (Lipinski definition) is 0. The second-order valence-electron chi connectivity index (χ2n) is 5.77. The Morgan fingerprint density at radius 1 is 0.826 bits per heavy atom. The van der Waals surface area contributed by atoms with Crippen molar-refractivity contribution >= 4 is 6.21 Å². The van der Waals surface area contributed by atoms with Crippen molar-refractivity contribution in [2.45, 2.75) is 19.9 Å². The minimum atomic E-state index is -0.0168. The second kappa shape index (κ2) is 7.01. The molecule has 0 bridgehead atoms. The summed E-state index contributed by atoms with van der Waals surface area (Å²) in [7, 11) is 0. The third-order valence-corrected chi connectivity index (χ3v) is 3.72. The van der Waals surface area contributed by atoms with Gasteiger partial charge in [-0.25, -0.2) is 0 Å². The quantitative estimate of drug-likeness (QED) is 0.629. The van der Waals surface area contributed by atoms with Crippen LogP contribution in [0.4, 0.5) is 0 Å². The van der Waals surface area contributed by atoms with E-state index in [9.17, 15) is 0 Å². The van der Waals surface area contributed by atoms with E-state index >= 15 is 0 Å². The van der Waals surface area contributed by atoms with Crippen molar-refractivity contribution in [1.82, 2.24) is 4.98 Å². The summed E-state index contributed by atoms with van der Waals surface area (Å²) in [5.74, 6) is 0. The van der Waals surface area contributed by atoms with E-state index in [2.05, 4.69) is 61.3 Å². The molecule has 0 N–H and O–H groups in total. The van der Waals surface area contributed by atoms with Crippen LogP contribution in [0.2, 0.25) is 0 Å². The first-order valence-electron chi connectivity index (χ1n) is 7.80. The molecule has 0 fully saturated rings. The zero-order valence-electron chi connectivity index (χ0n) is 13.5. The van der Waals surface area contributed by atoms with Crippen LogP contribution in [-0.4, -0.2) is 11.2 Å². The molecule has 0 aliphatic carbocycles. The van der Waals surface area contributed by atoms with Gasteiger partial charge >= 0.3 is 0 Å². The molecule has 1 atom stereocenters. The van der Waals surface area contributed by atoms with E-state index in [1.165, 1.54) is 22.3 Å². The minimum Gasteiger partial charge on any atom is -0.278 e. The van der Waals surface area contributed by atoms with Crippen molar-refractivity contribution in [2.24, 2.45) is 4.99 Å². The van der Waals surface area contributed by atoms with E-state index in [-0.39, 0.29) is 6.04 Å². The fraction of sp³-hybridized carbons (Fsp3) is 0.143. The number of pyridine rings is 1. The van der Waals surface area contributed by atoms with Crippen molar-refractivity contribution in [2.75, 3.05) is 0 Å². The zero-order valence-corrected chi connectivity index (χ0v) is 13.5. The van der Waals surface area contributed by atoms with Crippen LogP contribution in [0.25, 0.3) is 0 Å². The highest BCUT2D eigenvalue weighted by Gasteiger charge is 2.12. The summed E-state index contributed by atoms with van der Waals surface area (Å²) in [4.78, 5) is 9.15. The lowest BCUT2D eigenvalue weighted by molar-refractivity contribution is 0.873. The first-order chi connectivity index (χ1) is 11.2. The Labute approximate surface area is 137 Å². The molecule has 0 saturated carbocycles. The summed E-state index contributed by atoms with van der Waals surface area (Å²) in [6.45, 7) is 4.25. The predicted octanol–water partition coefficient (Wildman–Crippen LogP) is 4.91. The summed E-state index contributed by atoms with van der Waals surface area (Å²) in [6.07, 6.45) is 3.64. The third kappa shape index (κ3) is 3.92. The van der Waals surface area contributed by atoms with Gasteiger partial charge < -0.3 is 0 Å². The molecule has 2 heteroatoms. The maximum absolute atomic E-state index is 4.83. The normalized spacial score (nSPS) is 12.4. The van der Waals surface area contributed by atoms with Gasteiger partial charge in [0.1, 0.15) is 6.04 Å². The molecule has 0 spiro atoms. The van der Waals surface area contributed by atoms with Gasteiger partial charge in [0.05, 0.1) is 5.69 Å². The standard InChI is InChI=1S/C21H20N2/c1-16-12-17(2)14-19(13-16)21(18-8-4-3-5-9-18)23-15-20-10-6-7-11-22-20/h3-15,21H,1-2H3. The van der Waals surface area contributed by atoms with E-state index in [0.29, 0.717) is 0 Å². The van der Waals surface area contributed by atoms with Crippen LogP contribution in [0, 0.1) is 13.8 Å². The highest BCUT2D eigenvalue weighted by molar-refractivity contribution is 5.77. The fourth-order valence-corrected chi connectivity index (χ4v) is 2.77. The van der Waals surface area contributed by atoms with Gasteiger partial charge in [0.15, 0.2) is 0 Å². The van der Waals surface area contributed by atoms with Crippen molar-refractivity contribution in [3.63, 3.8) is 0 Å². The van der Waals surface area contributed by atoms with E-state index in [1.54, 1.807) is 6.20 Å². The largest absolute Gasteiger partial charge is 0.278 e. The average molecular weight is 300 g/mol. The number of aliphatic imine (C=N–C) groups is 1. The molecule has 0 aliphatic rings. The maximum atomic E-state index is 4.83. The molecular weight excluding hydrogens is 280 g/mol. The van der Waals surface area contributed by atoms with Crippen molar-refractivity contribution < 1.29 is 0 Å². The lowest BCUT2D eigenvalue weighted by atomic mass is 9.96. The summed E-state index contributed by atoms with van der Waals surface area (Å²) < 4.78 is 0. The van der Waals surface area contributed by atoms with E-state index in [4.69, 9.17) is 4.99 Å². The topological polar surface area (TPSA) is 25.2 Å². The van der Waals surface area contributed by atoms with Crippen LogP contribution in [-0.2, 0) is 0 Å². The number of benzene rings is 2. The van der Waals surface area contributed by atoms with Gasteiger partial charge in [0.25, 0.3) is 0 Å². The van der Waals surface area contributed by atoms with Gasteiger partial charge in [-0.2, -0.15) is 0 Å². The zero-order chi connectivity index (χ0) is 16.1. The molecule has 23 heavy (non-hydrogen) atoms. The Morgan fingerprint density at radius 2 is 1.52 bits per heavy atom. The van der Waals surface area contributed by atoms with Crippen molar-refractivity contribution in [3.8, 4) is 0 Å². The van der Waals surface area contributed by atoms with Crippen molar-refractivity contribution in [1.29, 1.82) is 0 Å². The Hall–Kier alpha value is -2.74. The first kappa shape index (κ1) is 15.2. The van der Waals surface area contributed by atoms with Crippen LogP contribution in [0.1, 0.15) is 34.0 Å². The monoisotopic (exact) mass is 300 g/mol. The molecular formula is C21H20N2. The highest BCUT2D eigenvalue weighted by atomic mass is 14.8. The average Bonchev–Trinajstić information content (AvgIpc) is 2.56. The van der Waals surface area contributed by atoms with Gasteiger partial charge in [0, 0.05) is 12.4 Å².